The van der Waals surface area contributed by atoms with Gasteiger partial charge in [0.1, 0.15) is 6.33 Å². The third kappa shape index (κ3) is 5.97. The lowest BCUT2D eigenvalue weighted by Crippen LogP contribution is -2.22. The molecule has 2 heterocycles. The van der Waals surface area contributed by atoms with Crippen LogP contribution >= 0.6 is 0 Å². The van der Waals surface area contributed by atoms with E-state index in [1.807, 2.05) is 19.2 Å². The number of ketones is 1. The Hall–Kier alpha value is -3.07. The Balaban J connectivity index is 1.63. The molecule has 0 radical (unpaired) electrons. The number of benzene rings is 1. The molecule has 0 aliphatic rings. The van der Waals surface area contributed by atoms with Crippen LogP contribution in [0.4, 0.5) is 13.2 Å². The number of carbonyl (C=O) groups excluding carboxylic acids is 1. The molecule has 2 aromatic heterocycles. The summed E-state index contributed by atoms with van der Waals surface area (Å²) in [4.78, 5) is 19.8. The van der Waals surface area contributed by atoms with E-state index >= 15 is 0 Å². The van der Waals surface area contributed by atoms with Gasteiger partial charge in [0.15, 0.2) is 11.6 Å². The molecule has 164 valence electrons. The summed E-state index contributed by atoms with van der Waals surface area (Å²) in [5, 5.41) is 14.5. The fourth-order valence-corrected chi connectivity index (χ4v) is 3.22. The predicted octanol–water partition coefficient (Wildman–Crippen LogP) is 3.51. The first kappa shape index (κ1) is 22.6. The highest BCUT2D eigenvalue weighted by Crippen LogP contribution is 2.28. The Morgan fingerprint density at radius 1 is 1.06 bits per heavy atom. The first-order valence-corrected chi connectivity index (χ1v) is 9.82. The van der Waals surface area contributed by atoms with Crippen LogP contribution in [0.3, 0.4) is 0 Å². The van der Waals surface area contributed by atoms with Gasteiger partial charge in [-0.25, -0.2) is 13.8 Å². The van der Waals surface area contributed by atoms with E-state index in [1.54, 1.807) is 41.5 Å². The molecule has 0 saturated heterocycles. The molecular weight excluding hydrogens is 409 g/mol. The first-order chi connectivity index (χ1) is 14.9. The maximum atomic E-state index is 13.2. The summed E-state index contributed by atoms with van der Waals surface area (Å²) in [6, 6.07) is 10.5. The van der Waals surface area contributed by atoms with E-state index in [1.165, 1.54) is 0 Å². The number of nitrogens with zero attached hydrogens (tertiary/aromatic N) is 4. The Kier molecular flexibility index (Phi) is 7.51. The fourth-order valence-electron chi connectivity index (χ4n) is 3.22. The molecule has 3 aromatic rings. The highest BCUT2D eigenvalue weighted by atomic mass is 19.3. The number of hydrogen-bond donors (Lipinski definition) is 1. The minimum Gasteiger partial charge on any atom is -0.388 e. The van der Waals surface area contributed by atoms with E-state index in [-0.39, 0.29) is 0 Å². The second-order valence-electron chi connectivity index (χ2n) is 7.33. The zero-order valence-electron chi connectivity index (χ0n) is 17.0. The lowest BCUT2D eigenvalue weighted by atomic mass is 9.91. The first-order valence-electron chi connectivity index (χ1n) is 9.82. The van der Waals surface area contributed by atoms with Gasteiger partial charge in [-0.3, -0.25) is 18.9 Å². The summed E-state index contributed by atoms with van der Waals surface area (Å²) >= 11 is 0. The number of alkyl halides is 3. The van der Waals surface area contributed by atoms with Gasteiger partial charge in [0.25, 0.3) is 6.43 Å². The van der Waals surface area contributed by atoms with E-state index in [9.17, 15) is 23.1 Å². The Morgan fingerprint density at radius 3 is 2.32 bits per heavy atom. The molecule has 0 amide bonds. The van der Waals surface area contributed by atoms with Gasteiger partial charge in [-0.1, -0.05) is 30.3 Å². The number of aryl methyl sites for hydroxylation is 3. The Bertz CT molecular complexity index is 991. The number of aliphatic hydroxyl groups excluding tert-OH is 1. The summed E-state index contributed by atoms with van der Waals surface area (Å²) in [6.45, 7) is -1.07. The van der Waals surface area contributed by atoms with E-state index in [4.69, 9.17) is 0 Å². The molecular formula is C22H23F3N4O2. The molecule has 6 nitrogen and oxygen atoms in total. The van der Waals surface area contributed by atoms with Gasteiger partial charge in [0.05, 0.1) is 12.8 Å². The summed E-state index contributed by atoms with van der Waals surface area (Å²) in [6.07, 6.45) is -0.448. The molecule has 1 N–H and O–H groups in total. The highest BCUT2D eigenvalue weighted by molar-refractivity contribution is 5.81. The largest absolute Gasteiger partial charge is 0.388 e. The van der Waals surface area contributed by atoms with Crippen molar-refractivity contribution >= 4 is 5.78 Å². The minimum absolute atomic E-state index is 0.362. The number of carbonyl (C=O) groups is 1. The van der Waals surface area contributed by atoms with Gasteiger partial charge in [-0.05, 0) is 23.6 Å². The van der Waals surface area contributed by atoms with Crippen molar-refractivity contribution in [2.45, 2.75) is 31.8 Å². The zero-order chi connectivity index (χ0) is 22.4. The predicted molar refractivity (Wildman–Crippen MR) is 108 cm³/mol. The van der Waals surface area contributed by atoms with Gasteiger partial charge < -0.3 is 5.11 Å². The van der Waals surface area contributed by atoms with Crippen molar-refractivity contribution < 1.29 is 23.1 Å². The van der Waals surface area contributed by atoms with Gasteiger partial charge >= 0.3 is 0 Å². The molecule has 0 aliphatic carbocycles. The van der Waals surface area contributed by atoms with Crippen LogP contribution in [0.15, 0.2) is 48.9 Å². The number of pyridine rings is 1. The average Bonchev–Trinajstić information content (AvgIpc) is 3.21. The smallest absolute Gasteiger partial charge is 0.295 e. The van der Waals surface area contributed by atoms with Crippen LogP contribution in [0.25, 0.3) is 11.1 Å². The van der Waals surface area contributed by atoms with Crippen molar-refractivity contribution in [1.82, 2.24) is 19.7 Å². The summed E-state index contributed by atoms with van der Waals surface area (Å²) in [7, 11) is 1.81. The molecule has 31 heavy (non-hydrogen) atoms. The molecule has 1 aromatic carbocycles. The third-order valence-electron chi connectivity index (χ3n) is 5.01. The van der Waals surface area contributed by atoms with Gasteiger partial charge in [0.2, 0.25) is 0 Å². The van der Waals surface area contributed by atoms with Gasteiger partial charge in [-0.2, -0.15) is 5.10 Å². The molecule has 3 rings (SSSR count). The number of Topliss-reactive ketones (excluding diaryl/α,β-unsaturated/α-hetero) is 1. The molecule has 0 unspecified atom stereocenters. The molecule has 0 fully saturated rings. The van der Waals surface area contributed by atoms with Gasteiger partial charge in [0, 0.05) is 43.3 Å². The zero-order valence-corrected chi connectivity index (χ0v) is 17.0. The molecule has 9 heteroatoms. The molecule has 0 spiro atoms. The van der Waals surface area contributed by atoms with Gasteiger partial charge in [-0.15, -0.1) is 0 Å². The molecule has 0 bridgehead atoms. The normalized spacial score (nSPS) is 13.4. The van der Waals surface area contributed by atoms with Crippen LogP contribution < -0.4 is 0 Å². The average molecular weight is 432 g/mol. The topological polar surface area (TPSA) is 80.9 Å². The summed E-state index contributed by atoms with van der Waals surface area (Å²) < 4.78 is 39.7. The van der Waals surface area contributed by atoms with Crippen LogP contribution in [-0.2, 0) is 24.7 Å². The third-order valence-corrected chi connectivity index (χ3v) is 5.01. The van der Waals surface area contributed by atoms with E-state index in [2.05, 4.69) is 15.1 Å². The quantitative estimate of drug-likeness (QED) is 0.530. The molecule has 2 atom stereocenters. The number of hydrogen-bond acceptors (Lipinski definition) is 5. The monoisotopic (exact) mass is 432 g/mol. The number of aromatic nitrogens is 4. The van der Waals surface area contributed by atoms with Crippen molar-refractivity contribution in [2.24, 2.45) is 13.0 Å². The van der Waals surface area contributed by atoms with Crippen molar-refractivity contribution in [3.63, 3.8) is 0 Å². The van der Waals surface area contributed by atoms with Crippen molar-refractivity contribution in [2.75, 3.05) is 6.67 Å². The minimum atomic E-state index is -3.17. The number of halogens is 3. The maximum Gasteiger partial charge on any atom is 0.295 e. The SMILES string of the molecule is Cn1cnc(CCc2ccc(-c3ccc([C@@H](O)[C@@H](CF)CC(=O)C(F)F)cc3)cn2)n1. The maximum absolute atomic E-state index is 13.2. The fraction of sp³-hybridized carbons (Fsp3) is 0.364. The summed E-state index contributed by atoms with van der Waals surface area (Å²) in [5.41, 5.74) is 2.95. The van der Waals surface area contributed by atoms with Crippen LogP contribution in [0.5, 0.6) is 0 Å². The van der Waals surface area contributed by atoms with E-state index < -0.39 is 37.3 Å². The Labute approximate surface area is 177 Å². The van der Waals surface area contributed by atoms with Crippen molar-refractivity contribution in [3.8, 4) is 11.1 Å². The van der Waals surface area contributed by atoms with Crippen LogP contribution in [0.2, 0.25) is 0 Å². The van der Waals surface area contributed by atoms with Crippen LogP contribution in [0, 0.1) is 5.92 Å². The van der Waals surface area contributed by atoms with E-state index in [0.717, 1.165) is 22.6 Å². The molecule has 0 aliphatic heterocycles. The lowest BCUT2D eigenvalue weighted by molar-refractivity contribution is -0.131. The number of rotatable bonds is 10. The second-order valence-corrected chi connectivity index (χ2v) is 7.33. The lowest BCUT2D eigenvalue weighted by Gasteiger charge is -2.20. The van der Waals surface area contributed by atoms with Crippen LogP contribution in [-0.4, -0.2) is 43.7 Å². The van der Waals surface area contributed by atoms with Crippen molar-refractivity contribution in [1.29, 1.82) is 0 Å². The highest BCUT2D eigenvalue weighted by Gasteiger charge is 2.27. The molecule has 0 saturated carbocycles. The van der Waals surface area contributed by atoms with E-state index in [0.29, 0.717) is 18.4 Å². The van der Waals surface area contributed by atoms with Crippen molar-refractivity contribution in [3.05, 3.63) is 66.0 Å². The standard InChI is InChI=1S/C22H23F3N4O2/c1-29-13-27-20(28-29)9-8-18-7-6-16(12-26-18)14-2-4-15(5-3-14)21(31)17(11-23)10-19(30)22(24)25/h2-7,12-13,17,21-22,31H,8-11H2,1H3/t17-,21-/m1/s1. The summed E-state index contributed by atoms with van der Waals surface area (Å²) in [5.74, 6) is -1.82. The Morgan fingerprint density at radius 2 is 1.77 bits per heavy atom. The number of aliphatic hydroxyl groups is 1. The van der Waals surface area contributed by atoms with Crippen LogP contribution in [0.1, 0.15) is 29.6 Å². The second kappa shape index (κ2) is 10.3.